The maximum Gasteiger partial charge on any atom is 0.241 e. The number of amides is 3. The van der Waals surface area contributed by atoms with Gasteiger partial charge in [-0.3, -0.25) is 14.4 Å². The lowest BCUT2D eigenvalue weighted by molar-refractivity contribution is -0.136. The number of nitrogens with zero attached hydrogens (tertiary/aromatic N) is 1. The summed E-state index contributed by atoms with van der Waals surface area (Å²) < 4.78 is 0. The van der Waals surface area contributed by atoms with Gasteiger partial charge in [-0.05, 0) is 38.0 Å². The molecule has 142 valence electrons. The normalized spacial score (nSPS) is 21.6. The first-order valence-electron chi connectivity index (χ1n) is 9.92. The van der Waals surface area contributed by atoms with E-state index >= 15 is 0 Å². The number of piperidine rings is 1. The molecule has 1 atom stereocenters. The molecule has 0 aromatic heterocycles. The van der Waals surface area contributed by atoms with Gasteiger partial charge >= 0.3 is 0 Å². The van der Waals surface area contributed by atoms with Crippen molar-refractivity contribution in [3.63, 3.8) is 0 Å². The smallest absolute Gasteiger partial charge is 0.241 e. The summed E-state index contributed by atoms with van der Waals surface area (Å²) in [6, 6.07) is 0. The van der Waals surface area contributed by atoms with Crippen LogP contribution in [0.1, 0.15) is 64.7 Å². The van der Waals surface area contributed by atoms with Crippen molar-refractivity contribution in [3.05, 3.63) is 0 Å². The van der Waals surface area contributed by atoms with Crippen LogP contribution in [0.2, 0.25) is 0 Å². The van der Waals surface area contributed by atoms with Crippen LogP contribution in [0, 0.1) is 11.8 Å². The van der Waals surface area contributed by atoms with Gasteiger partial charge in [-0.25, -0.2) is 0 Å². The minimum atomic E-state index is -0.123. The molecular formula is C19H33N3O3. The molecule has 0 aromatic carbocycles. The number of hydrogen-bond acceptors (Lipinski definition) is 3. The molecule has 3 amide bonds. The van der Waals surface area contributed by atoms with E-state index in [1.807, 2.05) is 6.92 Å². The van der Waals surface area contributed by atoms with E-state index in [9.17, 15) is 14.4 Å². The largest absolute Gasteiger partial charge is 0.356 e. The van der Waals surface area contributed by atoms with Crippen LogP contribution < -0.4 is 10.6 Å². The van der Waals surface area contributed by atoms with Crippen LogP contribution in [0.4, 0.5) is 0 Å². The second kappa shape index (κ2) is 10.4. The van der Waals surface area contributed by atoms with Crippen LogP contribution in [0.5, 0.6) is 0 Å². The maximum absolute atomic E-state index is 12.4. The monoisotopic (exact) mass is 351 g/mol. The molecule has 6 heteroatoms. The van der Waals surface area contributed by atoms with Crippen molar-refractivity contribution in [3.8, 4) is 0 Å². The van der Waals surface area contributed by atoms with Crippen LogP contribution in [0.3, 0.4) is 0 Å². The molecular weight excluding hydrogens is 318 g/mol. The van der Waals surface area contributed by atoms with Crippen LogP contribution in [-0.2, 0) is 14.4 Å². The third-order valence-corrected chi connectivity index (χ3v) is 5.33. The first-order valence-corrected chi connectivity index (χ1v) is 9.92. The zero-order chi connectivity index (χ0) is 18.1. The Morgan fingerprint density at radius 2 is 1.76 bits per heavy atom. The minimum absolute atomic E-state index is 0.0190. The molecule has 0 bridgehead atoms. The van der Waals surface area contributed by atoms with Gasteiger partial charge in [0.25, 0.3) is 0 Å². The SMILES string of the molecule is CCCNC(=O)C1CCCN(C(=O)CNC(=O)CC2CCCCC2)C1. The van der Waals surface area contributed by atoms with Crippen LogP contribution in [0.25, 0.3) is 0 Å². The van der Waals surface area contributed by atoms with Gasteiger partial charge in [0.05, 0.1) is 12.5 Å². The van der Waals surface area contributed by atoms with E-state index in [1.165, 1.54) is 19.3 Å². The molecule has 1 aliphatic carbocycles. The molecule has 0 radical (unpaired) electrons. The molecule has 2 rings (SSSR count). The summed E-state index contributed by atoms with van der Waals surface area (Å²) in [5.41, 5.74) is 0. The second-order valence-electron chi connectivity index (χ2n) is 7.45. The maximum atomic E-state index is 12.4. The van der Waals surface area contributed by atoms with Crippen molar-refractivity contribution < 1.29 is 14.4 Å². The van der Waals surface area contributed by atoms with E-state index in [0.29, 0.717) is 32.0 Å². The number of nitrogens with one attached hydrogen (secondary N) is 2. The number of rotatable bonds is 7. The summed E-state index contributed by atoms with van der Waals surface area (Å²) in [6.45, 7) is 3.89. The van der Waals surface area contributed by atoms with Crippen LogP contribution >= 0.6 is 0 Å². The van der Waals surface area contributed by atoms with Crippen molar-refractivity contribution in [2.24, 2.45) is 11.8 Å². The van der Waals surface area contributed by atoms with Gasteiger partial charge in [0.1, 0.15) is 0 Å². The predicted octanol–water partition coefficient (Wildman–Crippen LogP) is 1.84. The Morgan fingerprint density at radius 1 is 1.00 bits per heavy atom. The molecule has 2 N–H and O–H groups in total. The van der Waals surface area contributed by atoms with Gasteiger partial charge in [-0.1, -0.05) is 26.2 Å². The molecule has 25 heavy (non-hydrogen) atoms. The van der Waals surface area contributed by atoms with E-state index in [1.54, 1.807) is 4.90 Å². The van der Waals surface area contributed by atoms with E-state index < -0.39 is 0 Å². The van der Waals surface area contributed by atoms with Crippen LogP contribution in [0.15, 0.2) is 0 Å². The van der Waals surface area contributed by atoms with E-state index in [2.05, 4.69) is 10.6 Å². The molecule has 1 heterocycles. The summed E-state index contributed by atoms with van der Waals surface area (Å²) in [5, 5.41) is 5.69. The van der Waals surface area contributed by atoms with Crippen molar-refractivity contribution in [1.29, 1.82) is 0 Å². The highest BCUT2D eigenvalue weighted by Crippen LogP contribution is 2.26. The summed E-state index contributed by atoms with van der Waals surface area (Å²) >= 11 is 0. The summed E-state index contributed by atoms with van der Waals surface area (Å²) in [4.78, 5) is 38.2. The fourth-order valence-corrected chi connectivity index (χ4v) is 3.82. The van der Waals surface area contributed by atoms with Crippen molar-refractivity contribution in [2.45, 2.75) is 64.7 Å². The molecule has 1 saturated carbocycles. The average Bonchev–Trinajstić information content (AvgIpc) is 2.65. The van der Waals surface area contributed by atoms with Crippen molar-refractivity contribution >= 4 is 17.7 Å². The Balaban J connectivity index is 1.70. The zero-order valence-electron chi connectivity index (χ0n) is 15.5. The first kappa shape index (κ1) is 19.7. The Hall–Kier alpha value is -1.59. The Bertz CT molecular complexity index is 461. The van der Waals surface area contributed by atoms with E-state index in [4.69, 9.17) is 0 Å². The zero-order valence-corrected chi connectivity index (χ0v) is 15.5. The van der Waals surface area contributed by atoms with Gasteiger partial charge in [0.15, 0.2) is 0 Å². The van der Waals surface area contributed by atoms with Gasteiger partial charge < -0.3 is 15.5 Å². The number of likely N-dealkylation sites (tertiary alicyclic amines) is 1. The van der Waals surface area contributed by atoms with Gasteiger partial charge in [-0.15, -0.1) is 0 Å². The molecule has 1 aliphatic heterocycles. The lowest BCUT2D eigenvalue weighted by atomic mass is 9.87. The van der Waals surface area contributed by atoms with Gasteiger partial charge in [-0.2, -0.15) is 0 Å². The third kappa shape index (κ3) is 6.67. The highest BCUT2D eigenvalue weighted by molar-refractivity contribution is 5.85. The first-order chi connectivity index (χ1) is 12.1. The Kier molecular flexibility index (Phi) is 8.22. The van der Waals surface area contributed by atoms with Crippen molar-refractivity contribution in [1.82, 2.24) is 15.5 Å². The Labute approximate surface area is 151 Å². The van der Waals surface area contributed by atoms with Gasteiger partial charge in [0.2, 0.25) is 17.7 Å². The highest BCUT2D eigenvalue weighted by atomic mass is 16.2. The van der Waals surface area contributed by atoms with Crippen molar-refractivity contribution in [2.75, 3.05) is 26.2 Å². The highest BCUT2D eigenvalue weighted by Gasteiger charge is 2.28. The average molecular weight is 351 g/mol. The predicted molar refractivity (Wildman–Crippen MR) is 96.8 cm³/mol. The summed E-state index contributed by atoms with van der Waals surface area (Å²) in [7, 11) is 0. The third-order valence-electron chi connectivity index (χ3n) is 5.33. The lowest BCUT2D eigenvalue weighted by Gasteiger charge is -2.32. The molecule has 1 saturated heterocycles. The fraction of sp³-hybridized carbons (Fsp3) is 0.842. The second-order valence-corrected chi connectivity index (χ2v) is 7.45. The number of carbonyl (C=O) groups excluding carboxylic acids is 3. The quantitative estimate of drug-likeness (QED) is 0.734. The molecule has 1 unspecified atom stereocenters. The number of hydrogen-bond donors (Lipinski definition) is 2. The molecule has 0 spiro atoms. The molecule has 2 aliphatic rings. The molecule has 6 nitrogen and oxygen atoms in total. The molecule has 2 fully saturated rings. The standard InChI is InChI=1S/C19H33N3O3/c1-2-10-20-19(25)16-9-6-11-22(14-16)18(24)13-21-17(23)12-15-7-4-3-5-8-15/h15-16H,2-14H2,1H3,(H,20,25)(H,21,23). The van der Waals surface area contributed by atoms with Gasteiger partial charge in [0, 0.05) is 26.1 Å². The van der Waals surface area contributed by atoms with Crippen LogP contribution in [-0.4, -0.2) is 48.8 Å². The molecule has 0 aromatic rings. The Morgan fingerprint density at radius 3 is 2.48 bits per heavy atom. The number of carbonyl (C=O) groups is 3. The summed E-state index contributed by atoms with van der Waals surface area (Å²) in [6.07, 6.45) is 9.07. The fourth-order valence-electron chi connectivity index (χ4n) is 3.82. The van der Waals surface area contributed by atoms with E-state index in [0.717, 1.165) is 32.1 Å². The van der Waals surface area contributed by atoms with E-state index in [-0.39, 0.29) is 30.2 Å². The lowest BCUT2D eigenvalue weighted by Crippen LogP contribution is -2.48. The summed E-state index contributed by atoms with van der Waals surface area (Å²) in [5.74, 6) is 0.299. The minimum Gasteiger partial charge on any atom is -0.356 e. The topological polar surface area (TPSA) is 78.5 Å².